The highest BCUT2D eigenvalue weighted by molar-refractivity contribution is 5.75. The number of hydrogen-bond donors (Lipinski definition) is 1. The molecule has 4 heteroatoms. The van der Waals surface area contributed by atoms with Crippen molar-refractivity contribution < 1.29 is 9.90 Å². The van der Waals surface area contributed by atoms with Gasteiger partial charge in [0.25, 0.3) is 0 Å². The maximum absolute atomic E-state index is 12.9. The van der Waals surface area contributed by atoms with Crippen LogP contribution in [0.1, 0.15) is 90.5 Å². The number of fused-ring (bicyclic) bond motifs is 5. The molecule has 4 nitrogen and oxygen atoms in total. The molecule has 1 heterocycles. The standard InChI is InChI=1S/C32H48N2O2/c1-22(5-10-30(36)34(4)20-15-23-13-18-33-19-14-23)27-8-9-28-26-7-6-24-21-25(35)11-16-31(24,2)29(26)12-17-32(27,28)3/h6,13-14,18-19,22,25-29,35H,5,7-12,15-17,20-21H2,1-4H3/t22-,25+,26+,27-,28+,29+,31+,32-/m1/s1. The van der Waals surface area contributed by atoms with E-state index in [2.05, 4.69) is 31.8 Å². The molecule has 8 atom stereocenters. The number of likely N-dealkylation sites (N-methyl/N-ethyl adjacent to an activating group) is 1. The highest BCUT2D eigenvalue weighted by Gasteiger charge is 2.59. The van der Waals surface area contributed by atoms with Crippen LogP contribution in [0.4, 0.5) is 0 Å². The lowest BCUT2D eigenvalue weighted by Crippen LogP contribution is -2.50. The minimum Gasteiger partial charge on any atom is -0.393 e. The van der Waals surface area contributed by atoms with Gasteiger partial charge < -0.3 is 10.0 Å². The van der Waals surface area contributed by atoms with Crippen molar-refractivity contribution in [2.24, 2.45) is 40.4 Å². The molecule has 0 spiro atoms. The van der Waals surface area contributed by atoms with E-state index < -0.39 is 0 Å². The Bertz CT molecular complexity index is 960. The zero-order valence-corrected chi connectivity index (χ0v) is 23.1. The molecule has 0 saturated heterocycles. The van der Waals surface area contributed by atoms with Gasteiger partial charge in [0, 0.05) is 32.4 Å². The minimum absolute atomic E-state index is 0.121. The van der Waals surface area contributed by atoms with E-state index in [0.29, 0.717) is 23.2 Å². The summed E-state index contributed by atoms with van der Waals surface area (Å²) >= 11 is 0. The fourth-order valence-corrected chi connectivity index (χ4v) is 9.33. The van der Waals surface area contributed by atoms with Gasteiger partial charge in [-0.05, 0) is 122 Å². The molecule has 4 aliphatic rings. The number of amides is 1. The average Bonchev–Trinajstić information content (AvgIpc) is 3.24. The SMILES string of the molecule is C[C@H](CCC(=O)N(C)CCc1ccncc1)[C@H]1CC[C@H]2[C@@H]3CC=C4C[C@@H](O)CC[C@]4(C)[C@H]3CC[C@]12C. The third kappa shape index (κ3) is 4.68. The van der Waals surface area contributed by atoms with E-state index in [1.807, 2.05) is 36.5 Å². The maximum atomic E-state index is 12.9. The third-order valence-corrected chi connectivity index (χ3v) is 11.6. The number of nitrogens with zero attached hydrogens (tertiary/aromatic N) is 2. The first-order valence-corrected chi connectivity index (χ1v) is 14.7. The molecule has 5 rings (SSSR count). The Balaban J connectivity index is 1.18. The normalized spacial score (nSPS) is 38.4. The summed E-state index contributed by atoms with van der Waals surface area (Å²) in [7, 11) is 1.96. The Labute approximate surface area is 219 Å². The van der Waals surface area contributed by atoms with Crippen LogP contribution in [-0.2, 0) is 11.2 Å². The van der Waals surface area contributed by atoms with E-state index in [-0.39, 0.29) is 12.0 Å². The summed E-state index contributed by atoms with van der Waals surface area (Å²) in [5, 5.41) is 10.3. The smallest absolute Gasteiger partial charge is 0.222 e. The maximum Gasteiger partial charge on any atom is 0.222 e. The van der Waals surface area contributed by atoms with E-state index in [4.69, 9.17) is 0 Å². The van der Waals surface area contributed by atoms with Crippen LogP contribution in [0.15, 0.2) is 36.2 Å². The van der Waals surface area contributed by atoms with Crippen LogP contribution >= 0.6 is 0 Å². The van der Waals surface area contributed by atoms with E-state index in [0.717, 1.165) is 55.9 Å². The Morgan fingerprint density at radius 3 is 2.69 bits per heavy atom. The number of carbonyl (C=O) groups excluding carboxylic acids is 1. The van der Waals surface area contributed by atoms with Gasteiger partial charge in [0.1, 0.15) is 0 Å². The summed E-state index contributed by atoms with van der Waals surface area (Å²) in [6.45, 7) is 8.33. The molecule has 0 unspecified atom stereocenters. The minimum atomic E-state index is -0.121. The van der Waals surface area contributed by atoms with Gasteiger partial charge in [0.15, 0.2) is 0 Å². The molecule has 1 aromatic heterocycles. The lowest BCUT2D eigenvalue weighted by Gasteiger charge is -2.58. The lowest BCUT2D eigenvalue weighted by molar-refractivity contribution is -0.130. The van der Waals surface area contributed by atoms with Gasteiger partial charge in [0.05, 0.1) is 6.10 Å². The van der Waals surface area contributed by atoms with Gasteiger partial charge in [-0.15, -0.1) is 0 Å². The summed E-state index contributed by atoms with van der Waals surface area (Å²) in [5.74, 6) is 4.06. The molecule has 0 aliphatic heterocycles. The molecule has 36 heavy (non-hydrogen) atoms. The summed E-state index contributed by atoms with van der Waals surface area (Å²) in [4.78, 5) is 18.9. The van der Waals surface area contributed by atoms with Crippen molar-refractivity contribution in [3.8, 4) is 0 Å². The van der Waals surface area contributed by atoms with Gasteiger partial charge in [-0.2, -0.15) is 0 Å². The van der Waals surface area contributed by atoms with Crippen LogP contribution in [0.3, 0.4) is 0 Å². The molecular weight excluding hydrogens is 444 g/mol. The average molecular weight is 493 g/mol. The number of pyridine rings is 1. The van der Waals surface area contributed by atoms with Crippen molar-refractivity contribution in [1.82, 2.24) is 9.88 Å². The molecule has 0 radical (unpaired) electrons. The Kier molecular flexibility index (Phi) is 7.38. The second-order valence-corrected chi connectivity index (χ2v) is 13.3. The fourth-order valence-electron chi connectivity index (χ4n) is 9.33. The number of allylic oxidation sites excluding steroid dienone is 1. The van der Waals surface area contributed by atoms with Crippen LogP contribution in [0.5, 0.6) is 0 Å². The Morgan fingerprint density at radius 1 is 1.14 bits per heavy atom. The van der Waals surface area contributed by atoms with Crippen molar-refractivity contribution >= 4 is 5.91 Å². The topological polar surface area (TPSA) is 53.4 Å². The number of aliphatic hydroxyl groups excluding tert-OH is 1. The highest BCUT2D eigenvalue weighted by atomic mass is 16.3. The summed E-state index contributed by atoms with van der Waals surface area (Å²) < 4.78 is 0. The second kappa shape index (κ2) is 10.2. The summed E-state index contributed by atoms with van der Waals surface area (Å²) in [5.41, 5.74) is 3.55. The molecule has 1 amide bonds. The van der Waals surface area contributed by atoms with Crippen LogP contribution in [-0.4, -0.2) is 40.6 Å². The highest BCUT2D eigenvalue weighted by Crippen LogP contribution is 2.67. The van der Waals surface area contributed by atoms with Crippen LogP contribution in [0, 0.1) is 40.4 Å². The zero-order chi connectivity index (χ0) is 25.5. The molecular formula is C32H48N2O2. The molecule has 0 bridgehead atoms. The molecule has 1 N–H and O–H groups in total. The number of aliphatic hydroxyl groups is 1. The number of aromatic nitrogens is 1. The third-order valence-electron chi connectivity index (χ3n) is 11.6. The van der Waals surface area contributed by atoms with E-state index in [1.54, 1.807) is 5.57 Å². The lowest BCUT2D eigenvalue weighted by atomic mass is 9.47. The number of rotatable bonds is 7. The van der Waals surface area contributed by atoms with Crippen LogP contribution in [0.25, 0.3) is 0 Å². The number of hydrogen-bond acceptors (Lipinski definition) is 3. The quantitative estimate of drug-likeness (QED) is 0.446. The largest absolute Gasteiger partial charge is 0.393 e. The first kappa shape index (κ1) is 25.9. The van der Waals surface area contributed by atoms with Crippen molar-refractivity contribution in [2.45, 2.75) is 97.5 Å². The van der Waals surface area contributed by atoms with Crippen molar-refractivity contribution in [2.75, 3.05) is 13.6 Å². The summed E-state index contributed by atoms with van der Waals surface area (Å²) in [6, 6.07) is 4.07. The van der Waals surface area contributed by atoms with E-state index in [9.17, 15) is 9.90 Å². The van der Waals surface area contributed by atoms with Gasteiger partial charge in [0.2, 0.25) is 5.91 Å². The van der Waals surface area contributed by atoms with E-state index in [1.165, 1.54) is 44.1 Å². The van der Waals surface area contributed by atoms with Crippen LogP contribution < -0.4 is 0 Å². The first-order valence-electron chi connectivity index (χ1n) is 14.7. The molecule has 4 aliphatic carbocycles. The van der Waals surface area contributed by atoms with Crippen LogP contribution in [0.2, 0.25) is 0 Å². The summed E-state index contributed by atoms with van der Waals surface area (Å²) in [6.07, 6.45) is 18.3. The molecule has 1 aromatic rings. The number of carbonyl (C=O) groups is 1. The van der Waals surface area contributed by atoms with Gasteiger partial charge in [-0.1, -0.05) is 32.4 Å². The Hall–Kier alpha value is -1.68. The Morgan fingerprint density at radius 2 is 1.92 bits per heavy atom. The van der Waals surface area contributed by atoms with Gasteiger partial charge in [-0.25, -0.2) is 0 Å². The zero-order valence-electron chi connectivity index (χ0n) is 23.1. The van der Waals surface area contributed by atoms with Gasteiger partial charge in [-0.3, -0.25) is 9.78 Å². The molecule has 0 aromatic carbocycles. The predicted molar refractivity (Wildman–Crippen MR) is 145 cm³/mol. The first-order chi connectivity index (χ1) is 17.2. The van der Waals surface area contributed by atoms with Crippen molar-refractivity contribution in [3.63, 3.8) is 0 Å². The predicted octanol–water partition coefficient (Wildman–Crippen LogP) is 6.44. The van der Waals surface area contributed by atoms with Crippen molar-refractivity contribution in [1.29, 1.82) is 0 Å². The van der Waals surface area contributed by atoms with Crippen molar-refractivity contribution in [3.05, 3.63) is 41.7 Å². The molecule has 3 saturated carbocycles. The fraction of sp³-hybridized carbons (Fsp3) is 0.750. The second-order valence-electron chi connectivity index (χ2n) is 13.3. The monoisotopic (exact) mass is 492 g/mol. The molecule has 3 fully saturated rings. The van der Waals surface area contributed by atoms with Gasteiger partial charge >= 0.3 is 0 Å². The molecule has 198 valence electrons. The van der Waals surface area contributed by atoms with E-state index >= 15 is 0 Å².